The van der Waals surface area contributed by atoms with Crippen LogP contribution in [0, 0.1) is 29.6 Å². The zero-order valence-electron chi connectivity index (χ0n) is 37.1. The number of methoxy groups -OCH3 is 3. The Labute approximate surface area is 352 Å². The smallest absolute Gasteiger partial charge is 0.329 e. The van der Waals surface area contributed by atoms with Crippen LogP contribution in [0.3, 0.4) is 0 Å². The molecule has 3 N–H and O–H groups in total. The van der Waals surface area contributed by atoms with E-state index in [1.54, 1.807) is 28.3 Å². The summed E-state index contributed by atoms with van der Waals surface area (Å²) in [6.07, 6.45) is 12.4. The molecule has 0 spiro atoms. The molecule has 3 fully saturated rings. The standard InChI is InChI=1S/C46H73N3O10/c1-11-15-34-23-28(3)22-29(4)24-39(56-9)42-40(57-10)26-32(7)46(54,59-42)43(51)44(52)49-21-14-13-16-36(49)45(53)58-41(30(5)17-19-35(34)48-47-12-2)31(6)25-33-18-20-37(50)38(27-33)55-8/h11,17,19,23,25,29-30,32-34,36-42,47,50,54H,1,12-16,18,20-22,24,26-27H2,2-10H3/b19-17+,28-23+,31-25+,48-35-/t29-,30+,32+,33-,34+,36-,37+,38+,39-,40-,41-,42+,46+/m0/s1. The Hall–Kier alpha value is -3.20. The van der Waals surface area contributed by atoms with Crippen LogP contribution in [-0.4, -0.2) is 121 Å². The van der Waals surface area contributed by atoms with Gasteiger partial charge in [-0.2, -0.15) is 5.10 Å². The van der Waals surface area contributed by atoms with E-state index in [0.29, 0.717) is 51.5 Å². The number of rotatable bonds is 9. The maximum Gasteiger partial charge on any atom is 0.329 e. The lowest BCUT2D eigenvalue weighted by Crippen LogP contribution is -2.64. The highest BCUT2D eigenvalue weighted by molar-refractivity contribution is 6.39. The molecular weight excluding hydrogens is 755 g/mol. The summed E-state index contributed by atoms with van der Waals surface area (Å²) in [5, 5.41) is 27.4. The Bertz CT molecular complexity index is 1560. The first-order valence-electron chi connectivity index (χ1n) is 21.8. The summed E-state index contributed by atoms with van der Waals surface area (Å²) >= 11 is 0. The van der Waals surface area contributed by atoms with Crippen LogP contribution in [-0.2, 0) is 38.1 Å². The molecule has 0 radical (unpaired) electrons. The molecule has 1 amide bonds. The third kappa shape index (κ3) is 12.2. The van der Waals surface area contributed by atoms with Crippen molar-refractivity contribution in [2.45, 2.75) is 154 Å². The van der Waals surface area contributed by atoms with Gasteiger partial charge in [-0.15, -0.1) is 6.58 Å². The van der Waals surface area contributed by atoms with E-state index < -0.39 is 65.9 Å². The molecule has 2 saturated heterocycles. The second-order valence-corrected chi connectivity index (χ2v) is 17.4. The van der Waals surface area contributed by atoms with Crippen molar-refractivity contribution >= 4 is 23.4 Å². The molecule has 13 heteroatoms. The molecule has 4 rings (SSSR count). The average molecular weight is 828 g/mol. The summed E-state index contributed by atoms with van der Waals surface area (Å²) in [6, 6.07) is -1.04. The summed E-state index contributed by atoms with van der Waals surface area (Å²) in [6.45, 7) is 16.6. The number of cyclic esters (lactones) is 1. The molecule has 0 aromatic heterocycles. The van der Waals surface area contributed by atoms with Crippen LogP contribution >= 0.6 is 0 Å². The monoisotopic (exact) mass is 828 g/mol. The second-order valence-electron chi connectivity index (χ2n) is 17.4. The van der Waals surface area contributed by atoms with Crippen molar-refractivity contribution in [1.29, 1.82) is 0 Å². The zero-order valence-corrected chi connectivity index (χ0v) is 37.1. The van der Waals surface area contributed by atoms with Crippen molar-refractivity contribution < 1.29 is 48.3 Å². The first kappa shape index (κ1) is 48.5. The van der Waals surface area contributed by atoms with E-state index in [2.05, 4.69) is 38.0 Å². The topological polar surface area (TPSA) is 165 Å². The van der Waals surface area contributed by atoms with Gasteiger partial charge < -0.3 is 44.2 Å². The van der Waals surface area contributed by atoms with Crippen LogP contribution in [0.5, 0.6) is 0 Å². The van der Waals surface area contributed by atoms with Crippen LogP contribution < -0.4 is 5.43 Å². The number of hydrogen-bond donors (Lipinski definition) is 3. The highest BCUT2D eigenvalue weighted by Gasteiger charge is 2.56. The largest absolute Gasteiger partial charge is 0.456 e. The fraction of sp³-hybridized carbons (Fsp3) is 0.739. The number of fused-ring (bicyclic) bond motifs is 3. The van der Waals surface area contributed by atoms with Gasteiger partial charge in [-0.3, -0.25) is 9.59 Å². The number of nitrogens with one attached hydrogen (secondary N) is 1. The number of piperidine rings is 1. The van der Waals surface area contributed by atoms with E-state index in [0.717, 1.165) is 29.7 Å². The summed E-state index contributed by atoms with van der Waals surface area (Å²) in [7, 11) is 4.74. The molecular formula is C46H73N3O10. The van der Waals surface area contributed by atoms with Crippen LogP contribution in [0.1, 0.15) is 106 Å². The number of aliphatic hydroxyl groups excluding tert-OH is 1. The van der Waals surface area contributed by atoms with Gasteiger partial charge in [0.1, 0.15) is 18.2 Å². The van der Waals surface area contributed by atoms with Gasteiger partial charge in [0.15, 0.2) is 0 Å². The van der Waals surface area contributed by atoms with Gasteiger partial charge in [0.2, 0.25) is 5.79 Å². The van der Waals surface area contributed by atoms with E-state index in [4.69, 9.17) is 28.8 Å². The second kappa shape index (κ2) is 22.6. The Morgan fingerprint density at radius 2 is 1.73 bits per heavy atom. The third-order valence-corrected chi connectivity index (χ3v) is 12.8. The van der Waals surface area contributed by atoms with Gasteiger partial charge in [0.05, 0.1) is 30.1 Å². The highest BCUT2D eigenvalue weighted by Crippen LogP contribution is 2.39. The Morgan fingerprint density at radius 3 is 2.39 bits per heavy atom. The maximum absolute atomic E-state index is 14.4. The highest BCUT2D eigenvalue weighted by atomic mass is 16.7. The van der Waals surface area contributed by atoms with E-state index in [-0.39, 0.29) is 42.7 Å². The third-order valence-electron chi connectivity index (χ3n) is 12.8. The number of aliphatic hydroxyl groups is 2. The van der Waals surface area contributed by atoms with Gasteiger partial charge in [-0.1, -0.05) is 50.6 Å². The number of hydrogen-bond acceptors (Lipinski definition) is 12. The Morgan fingerprint density at radius 1 is 1.03 bits per heavy atom. The molecule has 13 atom stereocenters. The van der Waals surface area contributed by atoms with Crippen LogP contribution in [0.2, 0.25) is 0 Å². The maximum atomic E-state index is 14.4. The lowest BCUT2D eigenvalue weighted by atomic mass is 9.82. The molecule has 4 aliphatic rings. The molecule has 1 saturated carbocycles. The van der Waals surface area contributed by atoms with E-state index in [1.807, 2.05) is 39.0 Å². The van der Waals surface area contributed by atoms with Crippen LogP contribution in [0.4, 0.5) is 0 Å². The van der Waals surface area contributed by atoms with Crippen molar-refractivity contribution in [2.24, 2.45) is 34.7 Å². The number of ether oxygens (including phenoxy) is 5. The molecule has 59 heavy (non-hydrogen) atoms. The van der Waals surface area contributed by atoms with E-state index in [9.17, 15) is 24.6 Å². The normalized spacial score (nSPS) is 39.6. The van der Waals surface area contributed by atoms with Crippen molar-refractivity contribution in [3.8, 4) is 0 Å². The number of allylic oxidation sites excluding steroid dienone is 5. The Balaban J connectivity index is 1.83. The lowest BCUT2D eigenvalue weighted by Gasteiger charge is -2.47. The number of nitrogens with zero attached hydrogens (tertiary/aromatic N) is 2. The summed E-state index contributed by atoms with van der Waals surface area (Å²) in [5.41, 5.74) is 5.92. The van der Waals surface area contributed by atoms with Crippen molar-refractivity contribution in [3.63, 3.8) is 0 Å². The predicted molar refractivity (Wildman–Crippen MR) is 227 cm³/mol. The van der Waals surface area contributed by atoms with Gasteiger partial charge in [-0.25, -0.2) is 4.79 Å². The molecule has 13 nitrogen and oxygen atoms in total. The van der Waals surface area contributed by atoms with Gasteiger partial charge in [0.25, 0.3) is 11.7 Å². The summed E-state index contributed by atoms with van der Waals surface area (Å²) in [5.74, 6) is -6.22. The van der Waals surface area contributed by atoms with Crippen molar-refractivity contribution in [2.75, 3.05) is 34.4 Å². The average Bonchev–Trinajstić information content (AvgIpc) is 3.22. The first-order valence-corrected chi connectivity index (χ1v) is 21.8. The van der Waals surface area contributed by atoms with Crippen LogP contribution in [0.25, 0.3) is 0 Å². The number of hydrazone groups is 1. The number of esters is 1. The van der Waals surface area contributed by atoms with Gasteiger partial charge in [0, 0.05) is 52.2 Å². The SMILES string of the molecule is C=CC[C@@H]1/C=C(\C)C[C@H](C)C[C@H](OC)[C@H]2O[C@@](O)(C(=O)C(=O)N3CCCC[C@H]3C(=O)O[C@H](/C(C)=C/[C@@H]3CC[C@@H](O)[C@H](OC)C3)[C@H](C)/C=C/C1=N/NCC)[C@H](C)C[C@@H]2OC. The molecule has 332 valence electrons. The molecule has 0 aromatic rings. The minimum atomic E-state index is -2.47. The molecule has 3 aliphatic heterocycles. The number of Topliss-reactive ketones (excluding diaryl/α,β-unsaturated/α-hetero) is 1. The first-order chi connectivity index (χ1) is 28.1. The number of carbonyl (C=O) groups excluding carboxylic acids is 3. The summed E-state index contributed by atoms with van der Waals surface area (Å²) < 4.78 is 30.2. The molecule has 0 aromatic carbocycles. The number of carbonyl (C=O) groups is 3. The van der Waals surface area contributed by atoms with Crippen LogP contribution in [0.15, 0.2) is 53.2 Å². The fourth-order valence-electron chi connectivity index (χ4n) is 9.43. The lowest BCUT2D eigenvalue weighted by molar-refractivity contribution is -0.302. The summed E-state index contributed by atoms with van der Waals surface area (Å²) in [4.78, 5) is 44.3. The zero-order chi connectivity index (χ0) is 43.4. The predicted octanol–water partition coefficient (Wildman–Crippen LogP) is 5.84. The van der Waals surface area contributed by atoms with Crippen molar-refractivity contribution in [1.82, 2.24) is 10.3 Å². The van der Waals surface area contributed by atoms with Gasteiger partial charge in [-0.05, 0) is 108 Å². The van der Waals surface area contributed by atoms with Gasteiger partial charge >= 0.3 is 5.97 Å². The van der Waals surface area contributed by atoms with E-state index in [1.165, 1.54) is 4.90 Å². The minimum Gasteiger partial charge on any atom is -0.456 e. The van der Waals surface area contributed by atoms with E-state index >= 15 is 0 Å². The number of ketones is 1. The quantitative estimate of drug-likeness (QED) is 0.111. The Kier molecular flexibility index (Phi) is 18.6. The molecule has 0 unspecified atom stereocenters. The van der Waals surface area contributed by atoms with Crippen molar-refractivity contribution in [3.05, 3.63) is 48.1 Å². The number of amides is 1. The minimum absolute atomic E-state index is 0.0876. The molecule has 3 heterocycles. The fourth-order valence-corrected chi connectivity index (χ4v) is 9.43. The molecule has 1 aliphatic carbocycles. The molecule has 2 bridgehead atoms.